The third-order valence-electron chi connectivity index (χ3n) is 3.67. The Hall–Kier alpha value is -3.06. The fraction of sp³-hybridized carbons (Fsp3) is 0.118. The summed E-state index contributed by atoms with van der Waals surface area (Å²) in [6.45, 7) is 0.140. The van der Waals surface area contributed by atoms with Crippen molar-refractivity contribution in [1.29, 1.82) is 0 Å². The zero-order valence-corrected chi connectivity index (χ0v) is 13.0. The SMILES string of the molecule is Cn1cc(-c2nc(CN)c(N)nc2-c2ccc(F)cc2)ccc1=O. The summed E-state index contributed by atoms with van der Waals surface area (Å²) < 4.78 is 14.7. The van der Waals surface area contributed by atoms with Gasteiger partial charge in [-0.05, 0) is 30.3 Å². The molecule has 0 saturated carbocycles. The molecule has 2 aromatic heterocycles. The van der Waals surface area contributed by atoms with Crippen LogP contribution >= 0.6 is 0 Å². The fourth-order valence-electron chi connectivity index (χ4n) is 2.38. The van der Waals surface area contributed by atoms with Gasteiger partial charge in [-0.25, -0.2) is 14.4 Å². The smallest absolute Gasteiger partial charge is 0.250 e. The minimum Gasteiger partial charge on any atom is -0.382 e. The van der Waals surface area contributed by atoms with Crippen molar-refractivity contribution in [2.75, 3.05) is 5.73 Å². The fourth-order valence-corrected chi connectivity index (χ4v) is 2.38. The van der Waals surface area contributed by atoms with Gasteiger partial charge < -0.3 is 16.0 Å². The minimum absolute atomic E-state index is 0.135. The second kappa shape index (κ2) is 6.21. The van der Waals surface area contributed by atoms with Crippen LogP contribution in [0.2, 0.25) is 0 Å². The Labute approximate surface area is 137 Å². The number of anilines is 1. The molecule has 122 valence electrons. The van der Waals surface area contributed by atoms with E-state index in [2.05, 4.69) is 9.97 Å². The van der Waals surface area contributed by atoms with Crippen LogP contribution in [-0.2, 0) is 13.6 Å². The number of nitrogens with two attached hydrogens (primary N) is 2. The van der Waals surface area contributed by atoms with Crippen LogP contribution in [0.1, 0.15) is 5.69 Å². The molecule has 0 fully saturated rings. The summed E-state index contributed by atoms with van der Waals surface area (Å²) in [5.74, 6) is -0.118. The minimum atomic E-state index is -0.345. The van der Waals surface area contributed by atoms with Crippen LogP contribution in [0, 0.1) is 5.82 Å². The lowest BCUT2D eigenvalue weighted by atomic mass is 10.0. The first-order chi connectivity index (χ1) is 11.5. The second-order valence-electron chi connectivity index (χ2n) is 5.33. The van der Waals surface area contributed by atoms with E-state index in [1.807, 2.05) is 0 Å². The van der Waals surface area contributed by atoms with Crippen molar-refractivity contribution in [2.24, 2.45) is 12.8 Å². The third kappa shape index (κ3) is 2.89. The van der Waals surface area contributed by atoms with Crippen molar-refractivity contribution in [1.82, 2.24) is 14.5 Å². The number of halogens is 1. The summed E-state index contributed by atoms with van der Waals surface area (Å²) in [5, 5.41) is 0. The molecule has 0 saturated heterocycles. The molecular weight excluding hydrogens is 309 g/mol. The lowest BCUT2D eigenvalue weighted by molar-refractivity contribution is 0.628. The van der Waals surface area contributed by atoms with Gasteiger partial charge in [-0.3, -0.25) is 4.79 Å². The summed E-state index contributed by atoms with van der Waals surface area (Å²) >= 11 is 0. The van der Waals surface area contributed by atoms with E-state index in [4.69, 9.17) is 11.5 Å². The van der Waals surface area contributed by atoms with Crippen LogP contribution in [0.3, 0.4) is 0 Å². The van der Waals surface area contributed by atoms with Gasteiger partial charge in [0, 0.05) is 37.0 Å². The molecule has 0 atom stereocenters. The molecule has 0 aliphatic carbocycles. The molecule has 2 heterocycles. The molecular formula is C17H16FN5O. The maximum absolute atomic E-state index is 13.2. The Bertz CT molecular complexity index is 950. The third-order valence-corrected chi connectivity index (χ3v) is 3.67. The number of hydrogen-bond acceptors (Lipinski definition) is 5. The molecule has 3 rings (SSSR count). The summed E-state index contributed by atoms with van der Waals surface area (Å²) in [6, 6.07) is 9.00. The van der Waals surface area contributed by atoms with Crippen molar-refractivity contribution in [3.8, 4) is 22.5 Å². The molecule has 0 amide bonds. The molecule has 0 unspecified atom stereocenters. The summed E-state index contributed by atoms with van der Waals surface area (Å²) in [4.78, 5) is 20.5. The van der Waals surface area contributed by atoms with Crippen molar-refractivity contribution in [3.63, 3.8) is 0 Å². The monoisotopic (exact) mass is 325 g/mol. The zero-order valence-electron chi connectivity index (χ0n) is 13.0. The van der Waals surface area contributed by atoms with Crippen molar-refractivity contribution in [2.45, 2.75) is 6.54 Å². The van der Waals surface area contributed by atoms with E-state index in [1.165, 1.54) is 22.8 Å². The van der Waals surface area contributed by atoms with E-state index in [-0.39, 0.29) is 23.7 Å². The number of aromatic nitrogens is 3. The molecule has 0 bridgehead atoms. The highest BCUT2D eigenvalue weighted by atomic mass is 19.1. The van der Waals surface area contributed by atoms with Gasteiger partial charge in [-0.1, -0.05) is 0 Å². The first-order valence-electron chi connectivity index (χ1n) is 7.29. The number of hydrogen-bond donors (Lipinski definition) is 2. The summed E-state index contributed by atoms with van der Waals surface area (Å²) in [5.41, 5.74) is 14.3. The van der Waals surface area contributed by atoms with Gasteiger partial charge in [0.25, 0.3) is 0 Å². The highest BCUT2D eigenvalue weighted by Gasteiger charge is 2.15. The molecule has 0 spiro atoms. The van der Waals surface area contributed by atoms with E-state index in [9.17, 15) is 9.18 Å². The van der Waals surface area contributed by atoms with Gasteiger partial charge in [0.15, 0.2) is 0 Å². The second-order valence-corrected chi connectivity index (χ2v) is 5.33. The topological polar surface area (TPSA) is 99.8 Å². The molecule has 6 nitrogen and oxygen atoms in total. The Morgan fingerprint density at radius 2 is 1.67 bits per heavy atom. The van der Waals surface area contributed by atoms with Crippen LogP contribution in [0.25, 0.3) is 22.5 Å². The van der Waals surface area contributed by atoms with Gasteiger partial charge in [0.1, 0.15) is 11.6 Å². The summed E-state index contributed by atoms with van der Waals surface area (Å²) in [7, 11) is 1.65. The molecule has 24 heavy (non-hydrogen) atoms. The average molecular weight is 325 g/mol. The Balaban J connectivity index is 2.27. The molecule has 0 radical (unpaired) electrons. The van der Waals surface area contributed by atoms with Crippen LogP contribution in [0.4, 0.5) is 10.2 Å². The first kappa shape index (κ1) is 15.8. The van der Waals surface area contributed by atoms with Crippen LogP contribution < -0.4 is 17.0 Å². The number of rotatable bonds is 3. The molecule has 1 aromatic carbocycles. The Morgan fingerprint density at radius 1 is 1.04 bits per heavy atom. The number of pyridine rings is 1. The highest BCUT2D eigenvalue weighted by Crippen LogP contribution is 2.30. The van der Waals surface area contributed by atoms with E-state index >= 15 is 0 Å². The number of benzene rings is 1. The van der Waals surface area contributed by atoms with Gasteiger partial charge in [0.2, 0.25) is 5.56 Å². The van der Waals surface area contributed by atoms with Gasteiger partial charge in [0.05, 0.1) is 17.1 Å². The van der Waals surface area contributed by atoms with Crippen LogP contribution in [0.5, 0.6) is 0 Å². The average Bonchev–Trinajstić information content (AvgIpc) is 2.58. The Kier molecular flexibility index (Phi) is 4.09. The van der Waals surface area contributed by atoms with Crippen LogP contribution in [0.15, 0.2) is 47.4 Å². The molecule has 0 aliphatic rings. The highest BCUT2D eigenvalue weighted by molar-refractivity contribution is 5.78. The molecule has 3 aromatic rings. The lowest BCUT2D eigenvalue weighted by Gasteiger charge is -2.13. The van der Waals surface area contributed by atoms with E-state index in [1.54, 1.807) is 31.4 Å². The predicted octanol–water partition coefficient (Wildman–Crippen LogP) is 1.69. The van der Waals surface area contributed by atoms with E-state index < -0.39 is 0 Å². The van der Waals surface area contributed by atoms with Crippen LogP contribution in [-0.4, -0.2) is 14.5 Å². The normalized spacial score (nSPS) is 10.8. The van der Waals surface area contributed by atoms with Crippen molar-refractivity contribution < 1.29 is 4.39 Å². The molecule has 0 aliphatic heterocycles. The molecule has 7 heteroatoms. The zero-order chi connectivity index (χ0) is 17.3. The maximum atomic E-state index is 13.2. The lowest BCUT2D eigenvalue weighted by Crippen LogP contribution is -2.15. The standard InChI is InChI=1S/C17H16FN5O/c1-23-9-11(4-7-14(23)24)16-15(10-2-5-12(18)6-3-10)22-17(20)13(8-19)21-16/h2-7,9H,8,19H2,1H3,(H2,20,22). The molecule has 4 N–H and O–H groups in total. The van der Waals surface area contributed by atoms with Gasteiger partial charge >= 0.3 is 0 Å². The maximum Gasteiger partial charge on any atom is 0.250 e. The summed E-state index contributed by atoms with van der Waals surface area (Å²) in [6.07, 6.45) is 1.66. The van der Waals surface area contributed by atoms with Crippen molar-refractivity contribution >= 4 is 5.82 Å². The first-order valence-corrected chi connectivity index (χ1v) is 7.29. The van der Waals surface area contributed by atoms with E-state index in [0.717, 1.165) is 0 Å². The Morgan fingerprint density at radius 3 is 2.29 bits per heavy atom. The van der Waals surface area contributed by atoms with Gasteiger partial charge in [-0.15, -0.1) is 0 Å². The number of nitrogens with zero attached hydrogens (tertiary/aromatic N) is 3. The quantitative estimate of drug-likeness (QED) is 0.763. The van der Waals surface area contributed by atoms with Crippen molar-refractivity contribution in [3.05, 3.63) is 64.5 Å². The van der Waals surface area contributed by atoms with E-state index in [0.29, 0.717) is 28.2 Å². The number of nitrogen functional groups attached to an aromatic ring is 1. The largest absolute Gasteiger partial charge is 0.382 e. The predicted molar refractivity (Wildman–Crippen MR) is 90.4 cm³/mol. The number of aryl methyl sites for hydroxylation is 1. The van der Waals surface area contributed by atoms with Gasteiger partial charge in [-0.2, -0.15) is 0 Å².